The van der Waals surface area contributed by atoms with Crippen molar-refractivity contribution in [1.82, 2.24) is 9.88 Å². The van der Waals surface area contributed by atoms with Gasteiger partial charge in [-0.25, -0.2) is 0 Å². The van der Waals surface area contributed by atoms with Crippen molar-refractivity contribution in [2.24, 2.45) is 29.6 Å². The quantitative estimate of drug-likeness (QED) is 0.316. The third kappa shape index (κ3) is 4.60. The Morgan fingerprint density at radius 3 is 2.48 bits per heavy atom. The van der Waals surface area contributed by atoms with Crippen LogP contribution in [0.2, 0.25) is 0 Å². The molecule has 3 aromatic rings. The maximum atomic E-state index is 13.4. The number of thioether (sulfide) groups is 1. The number of methoxy groups -OCH3 is 1. The first-order valence-corrected chi connectivity index (χ1v) is 16.0. The summed E-state index contributed by atoms with van der Waals surface area (Å²) in [4.78, 5) is 67.8. The Morgan fingerprint density at radius 2 is 1.77 bits per heavy atom. The van der Waals surface area contributed by atoms with Crippen LogP contribution in [0.15, 0.2) is 52.3 Å². The average Bonchev–Trinajstić information content (AvgIpc) is 3.73. The molecule has 44 heavy (non-hydrogen) atoms. The van der Waals surface area contributed by atoms with Crippen molar-refractivity contribution in [2.45, 2.75) is 29.5 Å². The zero-order valence-electron chi connectivity index (χ0n) is 23.8. The lowest BCUT2D eigenvalue weighted by Crippen LogP contribution is -2.42. The number of ether oxygens (including phenoxy) is 2. The van der Waals surface area contributed by atoms with Gasteiger partial charge in [0.05, 0.1) is 24.0 Å². The number of carboxylic acids is 1. The molecule has 3 amide bonds. The summed E-state index contributed by atoms with van der Waals surface area (Å²) in [7, 11) is 1.51. The lowest BCUT2D eigenvalue weighted by Gasteiger charge is -2.43. The van der Waals surface area contributed by atoms with Gasteiger partial charge >= 0.3 is 10.8 Å². The van der Waals surface area contributed by atoms with E-state index < -0.39 is 36.2 Å². The third-order valence-corrected chi connectivity index (χ3v) is 11.9. The maximum Gasteiger partial charge on any atom is 0.323 e. The van der Waals surface area contributed by atoms with Gasteiger partial charge in [0.25, 0.3) is 5.91 Å². The summed E-state index contributed by atoms with van der Waals surface area (Å²) >= 11 is 2.70. The van der Waals surface area contributed by atoms with Gasteiger partial charge in [-0.2, -0.15) is 0 Å². The van der Waals surface area contributed by atoms with E-state index in [-0.39, 0.29) is 46.3 Å². The van der Waals surface area contributed by atoms with Gasteiger partial charge in [0.1, 0.15) is 6.54 Å². The molecule has 2 aliphatic carbocycles. The van der Waals surface area contributed by atoms with Crippen molar-refractivity contribution in [2.75, 3.05) is 25.6 Å². The Labute approximate surface area is 259 Å². The Kier molecular flexibility index (Phi) is 7.04. The molecule has 0 radical (unpaired) electrons. The van der Waals surface area contributed by atoms with E-state index in [1.54, 1.807) is 17.8 Å². The predicted molar refractivity (Wildman–Crippen MR) is 161 cm³/mol. The van der Waals surface area contributed by atoms with Crippen molar-refractivity contribution in [1.29, 1.82) is 0 Å². The number of fused-ring (bicyclic) bond motifs is 9. The lowest BCUT2D eigenvalue weighted by molar-refractivity contribution is -0.149. The number of benzene rings is 2. The molecule has 13 heteroatoms. The molecule has 3 heterocycles. The van der Waals surface area contributed by atoms with Crippen molar-refractivity contribution in [3.63, 3.8) is 0 Å². The summed E-state index contributed by atoms with van der Waals surface area (Å²) in [6.07, 6.45) is 0.695. The number of hydrogen-bond donors (Lipinski definition) is 3. The Balaban J connectivity index is 1.17. The molecule has 3 N–H and O–H groups in total. The van der Waals surface area contributed by atoms with E-state index in [4.69, 9.17) is 9.47 Å². The van der Waals surface area contributed by atoms with Gasteiger partial charge in [-0.05, 0) is 60.9 Å². The summed E-state index contributed by atoms with van der Waals surface area (Å²) < 4.78 is 11.5. The van der Waals surface area contributed by atoms with E-state index in [1.165, 1.54) is 7.11 Å². The van der Waals surface area contributed by atoms with Gasteiger partial charge in [-0.15, -0.1) is 11.8 Å². The summed E-state index contributed by atoms with van der Waals surface area (Å²) in [5.74, 6) is -3.19. The second-order valence-corrected chi connectivity index (χ2v) is 13.9. The zero-order chi connectivity index (χ0) is 30.9. The molecule has 2 aromatic carbocycles. The van der Waals surface area contributed by atoms with Crippen LogP contribution < -0.4 is 19.7 Å². The highest BCUT2D eigenvalue weighted by molar-refractivity contribution is 8.00. The maximum absolute atomic E-state index is 13.4. The molecule has 1 saturated heterocycles. The van der Waals surface area contributed by atoms with Gasteiger partial charge < -0.3 is 24.9 Å². The fourth-order valence-corrected chi connectivity index (χ4v) is 10.6. The van der Waals surface area contributed by atoms with E-state index in [1.807, 2.05) is 43.3 Å². The fraction of sp³-hybridized carbons (Fsp3) is 0.387. The summed E-state index contributed by atoms with van der Waals surface area (Å²) in [5.41, 5.74) is 2.62. The number of rotatable bonds is 8. The van der Waals surface area contributed by atoms with Crippen molar-refractivity contribution in [3.05, 3.63) is 68.1 Å². The molecular weight excluding hydrogens is 606 g/mol. The monoisotopic (exact) mass is 635 g/mol. The number of aromatic nitrogens is 1. The third-order valence-electron chi connectivity index (χ3n) is 9.35. The number of carbonyl (C=O) groups is 4. The number of aliphatic carboxylic acids is 1. The minimum absolute atomic E-state index is 0.0297. The lowest BCUT2D eigenvalue weighted by atomic mass is 9.68. The first-order valence-electron chi connectivity index (χ1n) is 14.3. The van der Waals surface area contributed by atoms with Gasteiger partial charge in [0.15, 0.2) is 18.1 Å². The number of anilines is 1. The Morgan fingerprint density at radius 1 is 1.05 bits per heavy atom. The van der Waals surface area contributed by atoms with Gasteiger partial charge in [-0.3, -0.25) is 28.9 Å². The molecule has 2 bridgehead atoms. The molecule has 228 valence electrons. The van der Waals surface area contributed by atoms with Crippen LogP contribution in [0.1, 0.15) is 28.3 Å². The number of H-pyrrole nitrogens is 1. The van der Waals surface area contributed by atoms with Gasteiger partial charge in [0, 0.05) is 21.7 Å². The molecular formula is C31H29N3O8S2. The normalized spacial score (nSPS) is 28.0. The fourth-order valence-electron chi connectivity index (χ4n) is 7.72. The molecule has 7 atom stereocenters. The van der Waals surface area contributed by atoms with Crippen LogP contribution in [0.25, 0.3) is 0 Å². The minimum atomic E-state index is -1.22. The second kappa shape index (κ2) is 10.8. The number of aromatic amines is 1. The van der Waals surface area contributed by atoms with E-state index in [0.29, 0.717) is 23.6 Å². The highest BCUT2D eigenvalue weighted by Gasteiger charge is 2.69. The number of imide groups is 1. The summed E-state index contributed by atoms with van der Waals surface area (Å²) in [6, 6.07) is 12.9. The first-order chi connectivity index (χ1) is 21.1. The standard InChI is InChI=1S/C31H29N3O8S2/c1-13-3-6-15(7-4-13)32-20(35)12-42-18-8-5-14(9-19(18)41-2)22-23-16-10-17(26(23)43-28-27(22)44-31(40)33-28)25-24(16)29(38)34(30(25)39)11-21(36)37/h3-9,16-17,22-26H,10-12H2,1-2H3,(H,32,35)(H,33,40)(H,36,37)/t16?,17?,22-,23?,24?,25?,26?/m1/s1. The molecule has 7 rings (SSSR count). The van der Waals surface area contributed by atoms with Crippen molar-refractivity contribution in [3.8, 4) is 11.5 Å². The number of carbonyl (C=O) groups excluding carboxylic acids is 3. The SMILES string of the molecule is COc1cc([C@H]2c3sc(=O)[nH]c3SC3C4CC(C5C(=O)N(CC(=O)O)C(=O)C45)C32)ccc1OCC(=O)Nc1ccc(C)cc1. The van der Waals surface area contributed by atoms with Gasteiger partial charge in [0.2, 0.25) is 11.8 Å². The number of thiazole rings is 1. The number of amides is 3. The smallest absolute Gasteiger partial charge is 0.323 e. The van der Waals surface area contributed by atoms with Crippen LogP contribution in [0.3, 0.4) is 0 Å². The van der Waals surface area contributed by atoms with Crippen LogP contribution in [0.4, 0.5) is 5.69 Å². The van der Waals surface area contributed by atoms with Crippen LogP contribution in [-0.2, 0) is 19.2 Å². The molecule has 11 nitrogen and oxygen atoms in total. The summed E-state index contributed by atoms with van der Waals surface area (Å²) in [5, 5.41) is 12.9. The van der Waals surface area contributed by atoms with Crippen LogP contribution >= 0.6 is 23.1 Å². The number of hydrogen-bond acceptors (Lipinski definition) is 9. The number of aryl methyl sites for hydroxylation is 1. The highest BCUT2D eigenvalue weighted by atomic mass is 32.2. The molecule has 6 unspecified atom stereocenters. The molecule has 0 spiro atoms. The van der Waals surface area contributed by atoms with Crippen molar-refractivity contribution >= 4 is 52.5 Å². The highest BCUT2D eigenvalue weighted by Crippen LogP contribution is 2.68. The number of likely N-dealkylation sites (tertiary alicyclic amines) is 1. The topological polar surface area (TPSA) is 155 Å². The largest absolute Gasteiger partial charge is 0.493 e. The van der Waals surface area contributed by atoms with E-state index in [0.717, 1.165) is 37.3 Å². The van der Waals surface area contributed by atoms with Crippen LogP contribution in [-0.4, -0.2) is 64.2 Å². The molecule has 2 aliphatic heterocycles. The second-order valence-electron chi connectivity index (χ2n) is 11.7. The molecule has 2 saturated carbocycles. The molecule has 1 aromatic heterocycles. The molecule has 3 fully saturated rings. The number of carboxylic acid groups (broad SMARTS) is 1. The predicted octanol–water partition coefficient (Wildman–Crippen LogP) is 3.33. The average molecular weight is 636 g/mol. The van der Waals surface area contributed by atoms with Gasteiger partial charge in [-0.1, -0.05) is 35.1 Å². The van der Waals surface area contributed by atoms with Crippen LogP contribution in [0, 0.1) is 36.5 Å². The number of nitrogens with zero attached hydrogens (tertiary/aromatic N) is 1. The summed E-state index contributed by atoms with van der Waals surface area (Å²) in [6.45, 7) is 1.11. The minimum Gasteiger partial charge on any atom is -0.493 e. The number of nitrogens with one attached hydrogen (secondary N) is 2. The van der Waals surface area contributed by atoms with Crippen LogP contribution in [0.5, 0.6) is 11.5 Å². The van der Waals surface area contributed by atoms with Crippen molar-refractivity contribution < 1.29 is 33.8 Å². The zero-order valence-corrected chi connectivity index (χ0v) is 25.4. The Hall–Kier alpha value is -4.10. The van der Waals surface area contributed by atoms with E-state index in [2.05, 4.69) is 10.3 Å². The molecule has 4 aliphatic rings. The van der Waals surface area contributed by atoms with E-state index in [9.17, 15) is 29.1 Å². The Bertz CT molecular complexity index is 1750. The van der Waals surface area contributed by atoms with E-state index >= 15 is 0 Å². The first kappa shape index (κ1) is 28.7.